The third-order valence-corrected chi connectivity index (χ3v) is 5.68. The van der Waals surface area contributed by atoms with E-state index in [0.717, 1.165) is 50.3 Å². The quantitative estimate of drug-likeness (QED) is 0.595. The molecule has 0 spiro atoms. The van der Waals surface area contributed by atoms with Gasteiger partial charge in [0.1, 0.15) is 5.82 Å². The molecular weight excluding hydrogens is 393 g/mol. The lowest BCUT2D eigenvalue weighted by Crippen LogP contribution is -2.46. The highest BCUT2D eigenvalue weighted by molar-refractivity contribution is 7.89. The number of carbonyl (C=O) groups excluding carboxylic acids is 3. The van der Waals surface area contributed by atoms with Gasteiger partial charge in [0.25, 0.3) is 5.91 Å². The summed E-state index contributed by atoms with van der Waals surface area (Å²) in [5.41, 5.74) is -0.643. The molecule has 28 heavy (non-hydrogen) atoms. The number of urea groups is 1. The van der Waals surface area contributed by atoms with Crippen LogP contribution >= 0.6 is 0 Å². The second kappa shape index (κ2) is 9.60. The smallest absolute Gasteiger partial charge is 0.341 e. The summed E-state index contributed by atoms with van der Waals surface area (Å²) in [6.45, 7) is -0.820. The molecule has 11 heteroatoms. The maximum atomic E-state index is 13.8. The molecule has 1 aliphatic rings. The van der Waals surface area contributed by atoms with E-state index in [2.05, 4.69) is 10.1 Å². The Morgan fingerprint density at radius 1 is 1.18 bits per heavy atom. The standard InChI is InChI=1S/C17H22FN3O6S/c1-19-28(25,26)12-7-8-14(18)13(9-12)16(23)27-10-15(22)21-17(24)20-11-5-3-2-4-6-11/h7-9,11,19H,2-6,10H2,1H3,(H2,20,21,22,24). The lowest BCUT2D eigenvalue weighted by atomic mass is 9.96. The van der Waals surface area contributed by atoms with Gasteiger partial charge in [-0.2, -0.15) is 0 Å². The highest BCUT2D eigenvalue weighted by Gasteiger charge is 2.21. The monoisotopic (exact) mass is 415 g/mol. The van der Waals surface area contributed by atoms with Crippen molar-refractivity contribution in [2.24, 2.45) is 0 Å². The molecule has 0 atom stereocenters. The molecule has 0 heterocycles. The zero-order valence-corrected chi connectivity index (χ0v) is 16.1. The minimum atomic E-state index is -3.89. The lowest BCUT2D eigenvalue weighted by Gasteiger charge is -2.22. The van der Waals surface area contributed by atoms with Crippen molar-refractivity contribution in [1.82, 2.24) is 15.4 Å². The van der Waals surface area contributed by atoms with Crippen molar-refractivity contribution < 1.29 is 31.9 Å². The maximum absolute atomic E-state index is 13.8. The van der Waals surface area contributed by atoms with E-state index in [1.54, 1.807) is 0 Å². The van der Waals surface area contributed by atoms with Gasteiger partial charge in [0, 0.05) is 6.04 Å². The van der Waals surface area contributed by atoms with E-state index < -0.39 is 45.9 Å². The van der Waals surface area contributed by atoms with Gasteiger partial charge in [0.2, 0.25) is 10.0 Å². The number of hydrogen-bond acceptors (Lipinski definition) is 6. The Labute approximate surface area is 162 Å². The number of halogens is 1. The first-order valence-corrected chi connectivity index (χ1v) is 10.2. The van der Waals surface area contributed by atoms with Crippen molar-refractivity contribution in [2.45, 2.75) is 43.0 Å². The van der Waals surface area contributed by atoms with E-state index in [-0.39, 0.29) is 10.9 Å². The van der Waals surface area contributed by atoms with Gasteiger partial charge >= 0.3 is 12.0 Å². The minimum absolute atomic E-state index is 0.00457. The topological polar surface area (TPSA) is 131 Å². The molecule has 0 aromatic heterocycles. The van der Waals surface area contributed by atoms with Gasteiger partial charge in [-0.25, -0.2) is 27.1 Å². The summed E-state index contributed by atoms with van der Waals surface area (Å²) in [7, 11) is -2.72. The molecule has 1 aromatic rings. The Morgan fingerprint density at radius 3 is 2.50 bits per heavy atom. The van der Waals surface area contributed by atoms with Crippen LogP contribution in [0.2, 0.25) is 0 Å². The lowest BCUT2D eigenvalue weighted by molar-refractivity contribution is -0.123. The van der Waals surface area contributed by atoms with E-state index in [4.69, 9.17) is 0 Å². The summed E-state index contributed by atoms with van der Waals surface area (Å²) in [5, 5.41) is 4.69. The Hall–Kier alpha value is -2.53. The largest absolute Gasteiger partial charge is 0.452 e. The van der Waals surface area contributed by atoms with Crippen molar-refractivity contribution in [3.05, 3.63) is 29.6 Å². The number of rotatable bonds is 6. The van der Waals surface area contributed by atoms with Gasteiger partial charge in [-0.05, 0) is 38.1 Å². The fourth-order valence-corrected chi connectivity index (χ4v) is 3.54. The molecule has 0 unspecified atom stereocenters. The van der Waals surface area contributed by atoms with Gasteiger partial charge in [0.15, 0.2) is 6.61 Å². The molecule has 0 aliphatic heterocycles. The number of imide groups is 1. The molecular formula is C17H22FN3O6S. The highest BCUT2D eigenvalue weighted by atomic mass is 32.2. The van der Waals surface area contributed by atoms with Crippen LogP contribution in [-0.4, -0.2) is 46.0 Å². The van der Waals surface area contributed by atoms with Crippen molar-refractivity contribution in [3.63, 3.8) is 0 Å². The zero-order valence-electron chi connectivity index (χ0n) is 15.3. The molecule has 0 saturated heterocycles. The summed E-state index contributed by atoms with van der Waals surface area (Å²) >= 11 is 0. The number of nitrogens with one attached hydrogen (secondary N) is 3. The molecule has 3 N–H and O–H groups in total. The van der Waals surface area contributed by atoms with Gasteiger partial charge in [-0.1, -0.05) is 19.3 Å². The first-order valence-electron chi connectivity index (χ1n) is 8.73. The van der Waals surface area contributed by atoms with Gasteiger partial charge in [0.05, 0.1) is 10.5 Å². The first-order chi connectivity index (χ1) is 13.2. The summed E-state index contributed by atoms with van der Waals surface area (Å²) in [4.78, 5) is 35.1. The first kappa shape index (κ1) is 21.8. The van der Waals surface area contributed by atoms with Crippen molar-refractivity contribution in [1.29, 1.82) is 0 Å². The zero-order chi connectivity index (χ0) is 20.7. The average molecular weight is 415 g/mol. The van der Waals surface area contributed by atoms with Crippen LogP contribution < -0.4 is 15.4 Å². The van der Waals surface area contributed by atoms with Crippen molar-refractivity contribution >= 4 is 27.9 Å². The van der Waals surface area contributed by atoms with Gasteiger partial charge in [-0.3, -0.25) is 10.1 Å². The number of amides is 3. The number of sulfonamides is 1. The predicted molar refractivity (Wildman–Crippen MR) is 96.5 cm³/mol. The van der Waals surface area contributed by atoms with Crippen LogP contribution in [0.5, 0.6) is 0 Å². The SMILES string of the molecule is CNS(=O)(=O)c1ccc(F)c(C(=O)OCC(=O)NC(=O)NC2CCCCC2)c1. The molecule has 1 saturated carbocycles. The highest BCUT2D eigenvalue weighted by Crippen LogP contribution is 2.17. The molecule has 154 valence electrons. The molecule has 3 amide bonds. The van der Waals surface area contributed by atoms with Gasteiger partial charge < -0.3 is 10.1 Å². The van der Waals surface area contributed by atoms with Crippen LogP contribution in [0.4, 0.5) is 9.18 Å². The molecule has 0 bridgehead atoms. The average Bonchev–Trinajstić information content (AvgIpc) is 2.67. The van der Waals surface area contributed by atoms with Crippen LogP contribution in [0, 0.1) is 5.82 Å². The number of carbonyl (C=O) groups is 3. The number of ether oxygens (including phenoxy) is 1. The van der Waals surface area contributed by atoms with Crippen LogP contribution in [0.3, 0.4) is 0 Å². The molecule has 1 aromatic carbocycles. The van der Waals surface area contributed by atoms with Crippen molar-refractivity contribution in [2.75, 3.05) is 13.7 Å². The summed E-state index contributed by atoms with van der Waals surface area (Å²) in [6.07, 6.45) is 4.79. The van der Waals surface area contributed by atoms with Crippen molar-refractivity contribution in [3.8, 4) is 0 Å². The molecule has 2 rings (SSSR count). The summed E-state index contributed by atoms with van der Waals surface area (Å²) in [5.74, 6) is -3.12. The third kappa shape index (κ3) is 5.99. The van der Waals surface area contributed by atoms with E-state index >= 15 is 0 Å². The Bertz CT molecular complexity index is 852. The number of esters is 1. The van der Waals surface area contributed by atoms with Crippen LogP contribution in [0.25, 0.3) is 0 Å². The van der Waals surface area contributed by atoms with Gasteiger partial charge in [-0.15, -0.1) is 0 Å². The predicted octanol–water partition coefficient (Wildman–Crippen LogP) is 1.05. The Balaban J connectivity index is 1.90. The molecule has 1 fully saturated rings. The van der Waals surface area contributed by atoms with E-state index in [1.165, 1.54) is 7.05 Å². The number of hydrogen-bond donors (Lipinski definition) is 3. The maximum Gasteiger partial charge on any atom is 0.341 e. The Kier molecular flexibility index (Phi) is 7.46. The second-order valence-electron chi connectivity index (χ2n) is 6.28. The second-order valence-corrected chi connectivity index (χ2v) is 8.17. The fourth-order valence-electron chi connectivity index (χ4n) is 2.79. The minimum Gasteiger partial charge on any atom is -0.452 e. The summed E-state index contributed by atoms with van der Waals surface area (Å²) < 4.78 is 44.0. The summed E-state index contributed by atoms with van der Waals surface area (Å²) in [6, 6.07) is 1.90. The van der Waals surface area contributed by atoms with Crippen LogP contribution in [-0.2, 0) is 19.6 Å². The molecule has 1 aliphatic carbocycles. The molecule has 9 nitrogen and oxygen atoms in total. The van der Waals surface area contributed by atoms with Crippen LogP contribution in [0.15, 0.2) is 23.1 Å². The van der Waals surface area contributed by atoms with E-state index in [9.17, 15) is 27.2 Å². The normalized spacial score (nSPS) is 14.9. The molecule has 0 radical (unpaired) electrons. The fraction of sp³-hybridized carbons (Fsp3) is 0.471. The Morgan fingerprint density at radius 2 is 1.86 bits per heavy atom. The van der Waals surface area contributed by atoms with Crippen LogP contribution in [0.1, 0.15) is 42.5 Å². The number of benzene rings is 1. The van der Waals surface area contributed by atoms with E-state index in [1.807, 2.05) is 10.0 Å². The third-order valence-electron chi connectivity index (χ3n) is 4.26. The van der Waals surface area contributed by atoms with E-state index in [0.29, 0.717) is 0 Å².